The number of urea groups is 1. The van der Waals surface area contributed by atoms with Gasteiger partial charge < -0.3 is 25.6 Å². The number of esters is 1. The molecule has 1 unspecified atom stereocenters. The van der Waals surface area contributed by atoms with E-state index in [4.69, 9.17) is 4.74 Å². The molecule has 2 amide bonds. The molecular formula is C16H19N3O7. The van der Waals surface area contributed by atoms with E-state index >= 15 is 0 Å². The first-order chi connectivity index (χ1) is 12.2. The van der Waals surface area contributed by atoms with Gasteiger partial charge in [-0.1, -0.05) is 13.8 Å². The van der Waals surface area contributed by atoms with Gasteiger partial charge in [0.2, 0.25) is 0 Å². The lowest BCUT2D eigenvalue weighted by atomic mass is 9.90. The summed E-state index contributed by atoms with van der Waals surface area (Å²) in [7, 11) is 0. The number of ether oxygens (including phenoxy) is 1. The first-order valence-corrected chi connectivity index (χ1v) is 7.86. The molecule has 0 saturated heterocycles. The number of amides is 2. The third-order valence-corrected chi connectivity index (χ3v) is 3.81. The minimum absolute atomic E-state index is 0.0248. The van der Waals surface area contributed by atoms with Gasteiger partial charge in [-0.3, -0.25) is 10.1 Å². The zero-order chi connectivity index (χ0) is 19.6. The monoisotopic (exact) mass is 365 g/mol. The highest BCUT2D eigenvalue weighted by atomic mass is 16.6. The van der Waals surface area contributed by atoms with Crippen molar-refractivity contribution in [2.45, 2.75) is 26.8 Å². The number of nitrogens with one attached hydrogen (secondary N) is 2. The van der Waals surface area contributed by atoms with Gasteiger partial charge in [0.05, 0.1) is 23.1 Å². The molecular weight excluding hydrogens is 346 g/mol. The standard InChI is InChI=1S/C16H19N3O7/c1-4-26-15(22)12-13(7(2)3)17-16(23)18-14(12)8-5-9(19(24)25)11(21)6-10(8)20/h5-7,14,20-21H,4H2,1-3H3,(H2,17,18,23). The number of nitro groups is 1. The van der Waals surface area contributed by atoms with E-state index in [1.807, 2.05) is 0 Å². The number of nitrogens with zero attached hydrogens (tertiary/aromatic N) is 1. The Bertz CT molecular complexity index is 801. The number of hydrogen-bond acceptors (Lipinski definition) is 7. The minimum Gasteiger partial charge on any atom is -0.507 e. The highest BCUT2D eigenvalue weighted by Crippen LogP contribution is 2.40. The van der Waals surface area contributed by atoms with Crippen LogP contribution in [-0.2, 0) is 9.53 Å². The Balaban J connectivity index is 2.70. The Morgan fingerprint density at radius 1 is 1.35 bits per heavy atom. The molecule has 0 bridgehead atoms. The summed E-state index contributed by atoms with van der Waals surface area (Å²) in [5.74, 6) is -2.24. The third-order valence-electron chi connectivity index (χ3n) is 3.81. The van der Waals surface area contributed by atoms with E-state index in [9.17, 15) is 29.9 Å². The summed E-state index contributed by atoms with van der Waals surface area (Å²) >= 11 is 0. The van der Waals surface area contributed by atoms with Gasteiger partial charge in [0, 0.05) is 23.4 Å². The van der Waals surface area contributed by atoms with Crippen LogP contribution in [0.15, 0.2) is 23.4 Å². The lowest BCUT2D eigenvalue weighted by Crippen LogP contribution is -2.47. The van der Waals surface area contributed by atoms with Gasteiger partial charge in [-0.05, 0) is 12.8 Å². The van der Waals surface area contributed by atoms with Crippen molar-refractivity contribution in [1.82, 2.24) is 10.6 Å². The van der Waals surface area contributed by atoms with Gasteiger partial charge in [0.15, 0.2) is 5.75 Å². The number of nitro benzene ring substituents is 1. The molecule has 1 atom stereocenters. The van der Waals surface area contributed by atoms with Crippen molar-refractivity contribution in [3.63, 3.8) is 0 Å². The minimum atomic E-state index is -1.18. The maximum atomic E-state index is 12.5. The molecule has 0 saturated carbocycles. The number of aromatic hydroxyl groups is 2. The molecule has 4 N–H and O–H groups in total. The van der Waals surface area contributed by atoms with Crippen LogP contribution >= 0.6 is 0 Å². The fourth-order valence-corrected chi connectivity index (χ4v) is 2.67. The van der Waals surface area contributed by atoms with Gasteiger partial charge in [-0.15, -0.1) is 0 Å². The van der Waals surface area contributed by atoms with E-state index in [2.05, 4.69) is 10.6 Å². The molecule has 1 aliphatic heterocycles. The molecule has 0 aromatic heterocycles. The largest absolute Gasteiger partial charge is 0.507 e. The van der Waals surface area contributed by atoms with E-state index in [0.717, 1.165) is 12.1 Å². The summed E-state index contributed by atoms with van der Waals surface area (Å²) in [4.78, 5) is 34.7. The van der Waals surface area contributed by atoms with E-state index in [1.165, 1.54) is 0 Å². The van der Waals surface area contributed by atoms with Crippen LogP contribution < -0.4 is 10.6 Å². The topological polar surface area (TPSA) is 151 Å². The molecule has 1 aliphatic rings. The van der Waals surface area contributed by atoms with Crippen molar-refractivity contribution in [2.24, 2.45) is 5.92 Å². The normalized spacial score (nSPS) is 16.9. The van der Waals surface area contributed by atoms with Crippen molar-refractivity contribution in [3.8, 4) is 11.5 Å². The number of phenolic OH excluding ortho intramolecular Hbond substituents is 2. The van der Waals surface area contributed by atoms with Gasteiger partial charge in [0.25, 0.3) is 0 Å². The molecule has 26 heavy (non-hydrogen) atoms. The van der Waals surface area contributed by atoms with E-state index in [0.29, 0.717) is 0 Å². The number of hydrogen-bond donors (Lipinski definition) is 4. The first kappa shape index (κ1) is 19.0. The second kappa shape index (κ2) is 7.30. The number of carbonyl (C=O) groups excluding carboxylic acids is 2. The SMILES string of the molecule is CCOC(=O)C1=C(C(C)C)NC(=O)NC1c1cc([N+](=O)[O-])c(O)cc1O. The van der Waals surface area contributed by atoms with E-state index in [-0.39, 0.29) is 29.4 Å². The molecule has 0 spiro atoms. The van der Waals surface area contributed by atoms with Crippen LogP contribution in [0.5, 0.6) is 11.5 Å². The molecule has 10 heteroatoms. The van der Waals surface area contributed by atoms with Crippen LogP contribution in [0.1, 0.15) is 32.4 Å². The maximum Gasteiger partial charge on any atom is 0.338 e. The maximum absolute atomic E-state index is 12.5. The predicted molar refractivity (Wildman–Crippen MR) is 89.3 cm³/mol. The van der Waals surface area contributed by atoms with Crippen LogP contribution in [0.2, 0.25) is 0 Å². The molecule has 0 fully saturated rings. The fourth-order valence-electron chi connectivity index (χ4n) is 2.67. The van der Waals surface area contributed by atoms with Crippen LogP contribution in [0.3, 0.4) is 0 Å². The molecule has 0 aliphatic carbocycles. The van der Waals surface area contributed by atoms with Gasteiger partial charge in [-0.25, -0.2) is 9.59 Å². The predicted octanol–water partition coefficient (Wildman–Crippen LogP) is 1.83. The van der Waals surface area contributed by atoms with Crippen LogP contribution in [0.4, 0.5) is 10.5 Å². The average molecular weight is 365 g/mol. The van der Waals surface area contributed by atoms with Gasteiger partial charge in [0.1, 0.15) is 5.75 Å². The molecule has 1 heterocycles. The highest BCUT2D eigenvalue weighted by molar-refractivity contribution is 5.95. The summed E-state index contributed by atoms with van der Waals surface area (Å²) < 4.78 is 5.04. The van der Waals surface area contributed by atoms with Crippen molar-refractivity contribution in [2.75, 3.05) is 6.61 Å². The summed E-state index contributed by atoms with van der Waals surface area (Å²) in [6.45, 7) is 5.18. The molecule has 1 aromatic carbocycles. The summed E-state index contributed by atoms with van der Waals surface area (Å²) in [5.41, 5.74) is -0.463. The van der Waals surface area contributed by atoms with E-state index in [1.54, 1.807) is 20.8 Å². The average Bonchev–Trinajstić information content (AvgIpc) is 2.53. The molecule has 140 valence electrons. The number of benzene rings is 1. The number of rotatable bonds is 5. The van der Waals surface area contributed by atoms with Crippen molar-refractivity contribution >= 4 is 17.7 Å². The smallest absolute Gasteiger partial charge is 0.338 e. The Morgan fingerprint density at radius 2 is 2.00 bits per heavy atom. The quantitative estimate of drug-likeness (QED) is 0.353. The second-order valence-corrected chi connectivity index (χ2v) is 5.89. The van der Waals surface area contributed by atoms with Crippen molar-refractivity contribution in [1.29, 1.82) is 0 Å². The van der Waals surface area contributed by atoms with Crippen molar-refractivity contribution in [3.05, 3.63) is 39.1 Å². The van der Waals surface area contributed by atoms with Crippen LogP contribution in [-0.4, -0.2) is 33.7 Å². The Hall–Kier alpha value is -3.30. The number of phenols is 2. The molecule has 10 nitrogen and oxygen atoms in total. The van der Waals surface area contributed by atoms with Crippen LogP contribution in [0.25, 0.3) is 0 Å². The fraction of sp³-hybridized carbons (Fsp3) is 0.375. The lowest BCUT2D eigenvalue weighted by Gasteiger charge is -2.31. The number of carbonyl (C=O) groups is 2. The summed E-state index contributed by atoms with van der Waals surface area (Å²) in [6.07, 6.45) is 0. The third kappa shape index (κ3) is 3.53. The van der Waals surface area contributed by atoms with Crippen LogP contribution in [0, 0.1) is 16.0 Å². The molecule has 1 aromatic rings. The zero-order valence-electron chi connectivity index (χ0n) is 14.4. The molecule has 2 rings (SSSR count). The second-order valence-electron chi connectivity index (χ2n) is 5.89. The van der Waals surface area contributed by atoms with E-state index < -0.39 is 40.2 Å². The van der Waals surface area contributed by atoms with Gasteiger partial charge in [-0.2, -0.15) is 0 Å². The Labute approximate surface area is 148 Å². The van der Waals surface area contributed by atoms with Crippen molar-refractivity contribution < 1.29 is 29.5 Å². The molecule has 0 radical (unpaired) electrons. The zero-order valence-corrected chi connectivity index (χ0v) is 14.4. The Kier molecular flexibility index (Phi) is 5.34. The number of allylic oxidation sites excluding steroid dienone is 1. The summed E-state index contributed by atoms with van der Waals surface area (Å²) in [5, 5.41) is 35.9. The van der Waals surface area contributed by atoms with Gasteiger partial charge >= 0.3 is 17.7 Å². The highest BCUT2D eigenvalue weighted by Gasteiger charge is 2.37. The lowest BCUT2D eigenvalue weighted by molar-refractivity contribution is -0.386. The summed E-state index contributed by atoms with van der Waals surface area (Å²) in [6, 6.07) is -0.112. The first-order valence-electron chi connectivity index (χ1n) is 7.86. The Morgan fingerprint density at radius 3 is 2.54 bits per heavy atom.